The number of anilines is 1. The van der Waals surface area contributed by atoms with Crippen molar-refractivity contribution in [3.63, 3.8) is 0 Å². The van der Waals surface area contributed by atoms with Crippen molar-refractivity contribution in [2.75, 3.05) is 4.90 Å². The Balaban J connectivity index is 1.56. The molecule has 2 amide bonds. The Kier molecular flexibility index (Phi) is 4.07. The number of hydrogen-bond donors (Lipinski definition) is 0. The predicted molar refractivity (Wildman–Crippen MR) is 124 cm³/mol. The molecule has 1 aliphatic heterocycles. The minimum Gasteiger partial charge on any atom is -0.274 e. The molecule has 0 radical (unpaired) electrons. The lowest BCUT2D eigenvalue weighted by molar-refractivity contribution is -0.122. The molecule has 0 aromatic heterocycles. The molecule has 7 rings (SSSR count). The summed E-state index contributed by atoms with van der Waals surface area (Å²) in [6.07, 6.45) is 0. The third-order valence-corrected chi connectivity index (χ3v) is 7.84. The molecule has 3 aromatic rings. The molecule has 3 nitrogen and oxygen atoms in total. The van der Waals surface area contributed by atoms with Gasteiger partial charge in [-0.15, -0.1) is 0 Å². The number of halogens is 1. The minimum absolute atomic E-state index is 0.0672. The zero-order chi connectivity index (χ0) is 21.4. The van der Waals surface area contributed by atoms with Crippen molar-refractivity contribution >= 4 is 33.4 Å². The number of benzene rings is 3. The van der Waals surface area contributed by atoms with Gasteiger partial charge in [0.15, 0.2) is 0 Å². The van der Waals surface area contributed by atoms with E-state index in [4.69, 9.17) is 0 Å². The summed E-state index contributed by atoms with van der Waals surface area (Å²) in [5.74, 6) is -0.546. The minimum atomic E-state index is -0.342. The van der Waals surface area contributed by atoms with Crippen LogP contribution in [-0.2, 0) is 9.59 Å². The lowest BCUT2D eigenvalue weighted by Gasteiger charge is -2.46. The highest BCUT2D eigenvalue weighted by atomic mass is 79.9. The SMILES string of the molecule is CC(C)c1ccc2c(c1)[C@H]1c3ccccc3[C@H]2[C@@H]2C(=O)N(c3ccc(Br)cc3)C(=O)[C@H]12. The summed E-state index contributed by atoms with van der Waals surface area (Å²) in [4.78, 5) is 28.9. The highest BCUT2D eigenvalue weighted by Crippen LogP contribution is 2.61. The third-order valence-electron chi connectivity index (χ3n) is 7.31. The normalized spacial score (nSPS) is 25.6. The van der Waals surface area contributed by atoms with Crippen LogP contribution in [0.5, 0.6) is 0 Å². The van der Waals surface area contributed by atoms with Gasteiger partial charge in [-0.1, -0.05) is 72.2 Å². The number of nitrogens with zero attached hydrogens (tertiary/aromatic N) is 1. The molecule has 4 aliphatic rings. The molecule has 0 N–H and O–H groups in total. The predicted octanol–water partition coefficient (Wildman–Crippen LogP) is 5.97. The van der Waals surface area contributed by atoms with Gasteiger partial charge in [-0.05, 0) is 58.0 Å². The monoisotopic (exact) mass is 471 g/mol. The van der Waals surface area contributed by atoms with Gasteiger partial charge in [-0.2, -0.15) is 0 Å². The first-order chi connectivity index (χ1) is 15.0. The molecule has 0 spiro atoms. The number of hydrogen-bond acceptors (Lipinski definition) is 2. The van der Waals surface area contributed by atoms with Crippen molar-refractivity contribution < 1.29 is 9.59 Å². The molecule has 154 valence electrons. The lowest BCUT2D eigenvalue weighted by Crippen LogP contribution is -2.41. The molecule has 4 atom stereocenters. The summed E-state index contributed by atoms with van der Waals surface area (Å²) < 4.78 is 0.925. The van der Waals surface area contributed by atoms with E-state index in [1.807, 2.05) is 36.4 Å². The topological polar surface area (TPSA) is 37.4 Å². The Labute approximate surface area is 190 Å². The summed E-state index contributed by atoms with van der Waals surface area (Å²) in [7, 11) is 0. The van der Waals surface area contributed by atoms with Crippen LogP contribution in [0, 0.1) is 11.8 Å². The Bertz CT molecular complexity index is 1250. The Morgan fingerprint density at radius 1 is 0.742 bits per heavy atom. The van der Waals surface area contributed by atoms with Gasteiger partial charge in [0.2, 0.25) is 11.8 Å². The van der Waals surface area contributed by atoms with Crippen LogP contribution in [0.1, 0.15) is 59.4 Å². The number of carbonyl (C=O) groups is 2. The molecule has 4 heteroatoms. The fraction of sp³-hybridized carbons (Fsp3) is 0.259. The maximum atomic E-state index is 13.8. The molecule has 1 fully saturated rings. The van der Waals surface area contributed by atoms with Crippen LogP contribution in [0.2, 0.25) is 0 Å². The molecule has 1 saturated heterocycles. The van der Waals surface area contributed by atoms with Crippen molar-refractivity contribution in [1.29, 1.82) is 0 Å². The first-order valence-corrected chi connectivity index (χ1v) is 11.6. The van der Waals surface area contributed by atoms with Crippen LogP contribution in [-0.4, -0.2) is 11.8 Å². The van der Waals surface area contributed by atoms with Gasteiger partial charge in [0.1, 0.15) is 0 Å². The van der Waals surface area contributed by atoms with Gasteiger partial charge in [0, 0.05) is 16.3 Å². The van der Waals surface area contributed by atoms with Crippen molar-refractivity contribution in [3.05, 3.63) is 99.0 Å². The summed E-state index contributed by atoms with van der Waals surface area (Å²) in [6, 6.07) is 22.5. The van der Waals surface area contributed by atoms with Crippen LogP contribution < -0.4 is 4.90 Å². The zero-order valence-electron chi connectivity index (χ0n) is 17.4. The van der Waals surface area contributed by atoms with Gasteiger partial charge in [0.25, 0.3) is 0 Å². The van der Waals surface area contributed by atoms with Crippen LogP contribution in [0.15, 0.2) is 71.2 Å². The fourth-order valence-corrected chi connectivity index (χ4v) is 6.21. The maximum Gasteiger partial charge on any atom is 0.238 e. The standard InChI is InChI=1S/C27H22BrNO2/c1-14(2)15-7-12-20-21(13-15)23-19-6-4-3-5-18(19)22(20)24-25(23)27(31)29(26(24)30)17-10-8-16(28)9-11-17/h3-14,22-25H,1-2H3/t22-,23-,24+,25-/m1/s1. The molecule has 0 saturated carbocycles. The van der Waals surface area contributed by atoms with Crippen LogP contribution >= 0.6 is 15.9 Å². The van der Waals surface area contributed by atoms with Crippen LogP contribution in [0.3, 0.4) is 0 Å². The van der Waals surface area contributed by atoms with E-state index in [1.54, 1.807) is 0 Å². The van der Waals surface area contributed by atoms with E-state index in [0.717, 1.165) is 4.47 Å². The summed E-state index contributed by atoms with van der Waals surface area (Å²) in [6.45, 7) is 4.39. The lowest BCUT2D eigenvalue weighted by atomic mass is 9.54. The zero-order valence-corrected chi connectivity index (χ0v) is 19.0. The Morgan fingerprint density at radius 2 is 1.29 bits per heavy atom. The van der Waals surface area contributed by atoms with Crippen molar-refractivity contribution in [2.24, 2.45) is 11.8 Å². The van der Waals surface area contributed by atoms with E-state index in [9.17, 15) is 9.59 Å². The average Bonchev–Trinajstić information content (AvgIpc) is 3.05. The second-order valence-electron chi connectivity index (χ2n) is 9.17. The first-order valence-electron chi connectivity index (χ1n) is 10.8. The summed E-state index contributed by atoms with van der Waals surface area (Å²) in [5, 5.41) is 0. The van der Waals surface area contributed by atoms with E-state index in [2.05, 4.69) is 60.1 Å². The Morgan fingerprint density at radius 3 is 1.87 bits per heavy atom. The van der Waals surface area contributed by atoms with E-state index >= 15 is 0 Å². The van der Waals surface area contributed by atoms with Gasteiger partial charge in [-0.3, -0.25) is 9.59 Å². The number of imide groups is 1. The number of carbonyl (C=O) groups excluding carboxylic acids is 2. The first kappa shape index (κ1) is 19.0. The highest BCUT2D eigenvalue weighted by molar-refractivity contribution is 9.10. The smallest absolute Gasteiger partial charge is 0.238 e. The highest BCUT2D eigenvalue weighted by Gasteiger charge is 2.61. The average molecular weight is 472 g/mol. The van der Waals surface area contributed by atoms with Crippen molar-refractivity contribution in [1.82, 2.24) is 0 Å². The van der Waals surface area contributed by atoms with E-state index in [-0.39, 0.29) is 35.5 Å². The number of rotatable bonds is 2. The van der Waals surface area contributed by atoms with Crippen molar-refractivity contribution in [2.45, 2.75) is 31.6 Å². The molecule has 31 heavy (non-hydrogen) atoms. The summed E-state index contributed by atoms with van der Waals surface area (Å²) in [5.41, 5.74) is 6.80. The summed E-state index contributed by atoms with van der Waals surface area (Å²) >= 11 is 3.44. The molecule has 1 heterocycles. The largest absolute Gasteiger partial charge is 0.274 e. The van der Waals surface area contributed by atoms with Gasteiger partial charge in [-0.25, -0.2) is 4.90 Å². The quantitative estimate of drug-likeness (QED) is 0.431. The van der Waals surface area contributed by atoms with E-state index in [0.29, 0.717) is 11.6 Å². The van der Waals surface area contributed by atoms with Gasteiger partial charge >= 0.3 is 0 Å². The van der Waals surface area contributed by atoms with Crippen LogP contribution in [0.25, 0.3) is 0 Å². The van der Waals surface area contributed by atoms with Gasteiger partial charge in [0.05, 0.1) is 17.5 Å². The second-order valence-corrected chi connectivity index (χ2v) is 10.1. The van der Waals surface area contributed by atoms with Crippen LogP contribution in [0.4, 0.5) is 5.69 Å². The molecule has 2 bridgehead atoms. The fourth-order valence-electron chi connectivity index (χ4n) is 5.95. The Hall–Kier alpha value is -2.72. The van der Waals surface area contributed by atoms with E-state index < -0.39 is 0 Å². The van der Waals surface area contributed by atoms with Crippen molar-refractivity contribution in [3.8, 4) is 0 Å². The molecular weight excluding hydrogens is 450 g/mol. The second kappa shape index (κ2) is 6.64. The molecular formula is C27H22BrNO2. The molecule has 3 aliphatic carbocycles. The van der Waals surface area contributed by atoms with Gasteiger partial charge < -0.3 is 0 Å². The molecule has 0 unspecified atom stereocenters. The van der Waals surface area contributed by atoms with E-state index in [1.165, 1.54) is 32.7 Å². The third kappa shape index (κ3) is 2.51. The number of amides is 2. The maximum absolute atomic E-state index is 13.8. The molecule has 3 aromatic carbocycles.